The molecule has 0 radical (unpaired) electrons. The van der Waals surface area contributed by atoms with Crippen LogP contribution in [-0.2, 0) is 4.79 Å². The van der Waals surface area contributed by atoms with Gasteiger partial charge in [-0.15, -0.1) is 0 Å². The minimum atomic E-state index is -1.06. The highest BCUT2D eigenvalue weighted by Crippen LogP contribution is 2.31. The van der Waals surface area contributed by atoms with E-state index in [0.29, 0.717) is 12.3 Å². The van der Waals surface area contributed by atoms with Crippen molar-refractivity contribution in [2.75, 3.05) is 0 Å². The molecule has 0 aromatic carbocycles. The SMILES string of the molecule is C[C@H](CCC1CCCC1)C[C@@](C)(N)C(=O)O. The zero-order chi connectivity index (χ0) is 12.2. The Morgan fingerprint density at radius 1 is 1.50 bits per heavy atom. The van der Waals surface area contributed by atoms with Gasteiger partial charge in [-0.05, 0) is 25.2 Å². The molecule has 94 valence electrons. The summed E-state index contributed by atoms with van der Waals surface area (Å²) in [6.07, 6.45) is 8.43. The topological polar surface area (TPSA) is 63.3 Å². The molecule has 0 amide bonds. The van der Waals surface area contributed by atoms with Crippen LogP contribution in [0, 0.1) is 11.8 Å². The van der Waals surface area contributed by atoms with Crippen LogP contribution in [-0.4, -0.2) is 16.6 Å². The lowest BCUT2D eigenvalue weighted by molar-refractivity contribution is -0.143. The number of nitrogens with two attached hydrogens (primary N) is 1. The fourth-order valence-electron chi connectivity index (χ4n) is 2.73. The van der Waals surface area contributed by atoms with E-state index in [1.807, 2.05) is 0 Å². The Hall–Kier alpha value is -0.570. The normalized spacial score (nSPS) is 22.9. The highest BCUT2D eigenvalue weighted by molar-refractivity contribution is 5.77. The molecule has 3 N–H and O–H groups in total. The van der Waals surface area contributed by atoms with Crippen molar-refractivity contribution >= 4 is 5.97 Å². The highest BCUT2D eigenvalue weighted by Gasteiger charge is 2.30. The molecule has 1 aliphatic rings. The molecule has 0 bridgehead atoms. The maximum Gasteiger partial charge on any atom is 0.323 e. The van der Waals surface area contributed by atoms with Crippen molar-refractivity contribution in [1.29, 1.82) is 0 Å². The zero-order valence-electron chi connectivity index (χ0n) is 10.5. The summed E-state index contributed by atoms with van der Waals surface area (Å²) in [5.41, 5.74) is 4.68. The lowest BCUT2D eigenvalue weighted by atomic mass is 9.86. The molecular weight excluding hydrogens is 202 g/mol. The third-order valence-electron chi connectivity index (χ3n) is 3.80. The van der Waals surface area contributed by atoms with Crippen molar-refractivity contribution in [1.82, 2.24) is 0 Å². The van der Waals surface area contributed by atoms with Gasteiger partial charge in [0.2, 0.25) is 0 Å². The largest absolute Gasteiger partial charge is 0.480 e. The van der Waals surface area contributed by atoms with E-state index in [1.54, 1.807) is 6.92 Å². The number of hydrogen-bond donors (Lipinski definition) is 2. The summed E-state index contributed by atoms with van der Waals surface area (Å²) in [5.74, 6) is 0.406. The van der Waals surface area contributed by atoms with E-state index in [4.69, 9.17) is 10.8 Å². The Morgan fingerprint density at radius 3 is 2.56 bits per heavy atom. The van der Waals surface area contributed by atoms with E-state index < -0.39 is 11.5 Å². The molecule has 0 aliphatic heterocycles. The first-order valence-corrected chi connectivity index (χ1v) is 6.44. The second-order valence-corrected chi connectivity index (χ2v) is 5.76. The average Bonchev–Trinajstić information content (AvgIpc) is 2.66. The Balaban J connectivity index is 2.24. The molecule has 1 saturated carbocycles. The molecule has 1 rings (SSSR count). The van der Waals surface area contributed by atoms with Gasteiger partial charge in [0.05, 0.1) is 0 Å². The molecule has 0 aromatic rings. The van der Waals surface area contributed by atoms with Crippen molar-refractivity contribution < 1.29 is 9.90 Å². The molecule has 0 saturated heterocycles. The van der Waals surface area contributed by atoms with Crippen LogP contribution in [0.3, 0.4) is 0 Å². The first kappa shape index (κ1) is 13.5. The van der Waals surface area contributed by atoms with Gasteiger partial charge >= 0.3 is 5.97 Å². The number of carboxylic acid groups (broad SMARTS) is 1. The molecule has 0 spiro atoms. The monoisotopic (exact) mass is 227 g/mol. The van der Waals surface area contributed by atoms with Gasteiger partial charge in [0, 0.05) is 0 Å². The summed E-state index contributed by atoms with van der Waals surface area (Å²) in [4.78, 5) is 10.9. The summed E-state index contributed by atoms with van der Waals surface area (Å²) >= 11 is 0. The highest BCUT2D eigenvalue weighted by atomic mass is 16.4. The predicted octanol–water partition coefficient (Wildman–Crippen LogP) is 2.79. The molecule has 0 aromatic heterocycles. The number of hydrogen-bond acceptors (Lipinski definition) is 2. The van der Waals surface area contributed by atoms with Crippen LogP contribution < -0.4 is 5.73 Å². The lowest BCUT2D eigenvalue weighted by Crippen LogP contribution is -2.46. The molecule has 16 heavy (non-hydrogen) atoms. The van der Waals surface area contributed by atoms with Gasteiger partial charge in [-0.1, -0.05) is 45.4 Å². The third-order valence-corrected chi connectivity index (χ3v) is 3.80. The predicted molar refractivity (Wildman–Crippen MR) is 65.2 cm³/mol. The van der Waals surface area contributed by atoms with E-state index >= 15 is 0 Å². The first-order valence-electron chi connectivity index (χ1n) is 6.44. The Labute approximate surface area is 98.4 Å². The van der Waals surface area contributed by atoms with Gasteiger partial charge < -0.3 is 10.8 Å². The van der Waals surface area contributed by atoms with Crippen LogP contribution in [0.1, 0.15) is 58.8 Å². The molecule has 2 atom stereocenters. The van der Waals surface area contributed by atoms with Crippen molar-refractivity contribution in [3.05, 3.63) is 0 Å². The van der Waals surface area contributed by atoms with Gasteiger partial charge in [-0.3, -0.25) is 4.79 Å². The molecule has 1 fully saturated rings. The first-order chi connectivity index (χ1) is 7.42. The quantitative estimate of drug-likeness (QED) is 0.733. The summed E-state index contributed by atoms with van der Waals surface area (Å²) < 4.78 is 0. The Morgan fingerprint density at radius 2 is 2.06 bits per heavy atom. The second-order valence-electron chi connectivity index (χ2n) is 5.76. The number of aliphatic carboxylic acids is 1. The average molecular weight is 227 g/mol. The molecule has 0 unspecified atom stereocenters. The summed E-state index contributed by atoms with van der Waals surface area (Å²) in [5, 5.41) is 8.94. The van der Waals surface area contributed by atoms with Crippen LogP contribution in [0.25, 0.3) is 0 Å². The molecule has 3 heteroatoms. The second kappa shape index (κ2) is 5.67. The van der Waals surface area contributed by atoms with Crippen LogP contribution in [0.2, 0.25) is 0 Å². The van der Waals surface area contributed by atoms with Crippen LogP contribution >= 0.6 is 0 Å². The molecular formula is C13H25NO2. The van der Waals surface area contributed by atoms with Gasteiger partial charge in [-0.2, -0.15) is 0 Å². The minimum absolute atomic E-state index is 0.409. The van der Waals surface area contributed by atoms with Crippen LogP contribution in [0.4, 0.5) is 0 Å². The summed E-state index contributed by atoms with van der Waals surface area (Å²) in [6, 6.07) is 0. The van der Waals surface area contributed by atoms with E-state index in [0.717, 1.165) is 12.3 Å². The number of carbonyl (C=O) groups is 1. The lowest BCUT2D eigenvalue weighted by Gasteiger charge is -2.24. The van der Waals surface area contributed by atoms with Gasteiger partial charge in [0.1, 0.15) is 5.54 Å². The van der Waals surface area contributed by atoms with Gasteiger partial charge in [0.25, 0.3) is 0 Å². The van der Waals surface area contributed by atoms with Gasteiger partial charge in [-0.25, -0.2) is 0 Å². The molecule has 0 heterocycles. The van der Waals surface area contributed by atoms with Gasteiger partial charge in [0.15, 0.2) is 0 Å². The summed E-state index contributed by atoms with van der Waals surface area (Å²) in [7, 11) is 0. The smallest absolute Gasteiger partial charge is 0.323 e. The van der Waals surface area contributed by atoms with Crippen LogP contribution in [0.5, 0.6) is 0 Å². The maximum absolute atomic E-state index is 10.9. The molecule has 1 aliphatic carbocycles. The van der Waals surface area contributed by atoms with E-state index in [-0.39, 0.29) is 0 Å². The zero-order valence-corrected chi connectivity index (χ0v) is 10.5. The Bertz CT molecular complexity index is 232. The standard InChI is InChI=1S/C13H25NO2/c1-10(9-13(2,14)12(15)16)7-8-11-5-3-4-6-11/h10-11H,3-9,14H2,1-2H3,(H,15,16)/t10-,13-/m1/s1. The van der Waals surface area contributed by atoms with Crippen molar-refractivity contribution in [3.63, 3.8) is 0 Å². The number of rotatable bonds is 6. The van der Waals surface area contributed by atoms with Crippen molar-refractivity contribution in [2.24, 2.45) is 17.6 Å². The van der Waals surface area contributed by atoms with Crippen molar-refractivity contribution in [2.45, 2.75) is 64.3 Å². The van der Waals surface area contributed by atoms with E-state index in [2.05, 4.69) is 6.92 Å². The minimum Gasteiger partial charge on any atom is -0.480 e. The van der Waals surface area contributed by atoms with E-state index in [1.165, 1.54) is 32.1 Å². The number of carboxylic acids is 1. The maximum atomic E-state index is 10.9. The fourth-order valence-corrected chi connectivity index (χ4v) is 2.73. The van der Waals surface area contributed by atoms with Crippen LogP contribution in [0.15, 0.2) is 0 Å². The Kier molecular flexibility index (Phi) is 4.78. The van der Waals surface area contributed by atoms with Crippen molar-refractivity contribution in [3.8, 4) is 0 Å². The molecule has 3 nitrogen and oxygen atoms in total. The van der Waals surface area contributed by atoms with E-state index in [9.17, 15) is 4.79 Å². The third kappa shape index (κ3) is 4.12. The fraction of sp³-hybridized carbons (Fsp3) is 0.923. The summed E-state index contributed by atoms with van der Waals surface area (Å²) in [6.45, 7) is 3.73.